The molecule has 2 aromatic rings. The molecule has 0 spiro atoms. The quantitative estimate of drug-likeness (QED) is 0.813. The van der Waals surface area contributed by atoms with Gasteiger partial charge in [-0.1, -0.05) is 19.1 Å². The number of hydrogen-bond donors (Lipinski definition) is 1. The summed E-state index contributed by atoms with van der Waals surface area (Å²) in [4.78, 5) is 0. The Morgan fingerprint density at radius 1 is 1.20 bits per heavy atom. The van der Waals surface area contributed by atoms with Gasteiger partial charge in [-0.15, -0.1) is 0 Å². The van der Waals surface area contributed by atoms with Crippen LogP contribution in [0.5, 0.6) is 5.75 Å². The van der Waals surface area contributed by atoms with Crippen molar-refractivity contribution in [1.29, 1.82) is 0 Å². The maximum Gasteiger partial charge on any atom is 0.142 e. The molecule has 0 bridgehead atoms. The predicted molar refractivity (Wildman–Crippen MR) is 84.3 cm³/mol. The summed E-state index contributed by atoms with van der Waals surface area (Å²) in [5, 5.41) is 3.45. The largest absolute Gasteiger partial charge is 0.489 e. The van der Waals surface area contributed by atoms with E-state index in [-0.39, 0.29) is 6.10 Å². The van der Waals surface area contributed by atoms with Crippen LogP contribution in [-0.4, -0.2) is 10.7 Å². The third-order valence-electron chi connectivity index (χ3n) is 3.03. The second-order valence-corrected chi connectivity index (χ2v) is 5.27. The summed E-state index contributed by atoms with van der Waals surface area (Å²) >= 11 is 0. The van der Waals surface area contributed by atoms with Crippen LogP contribution in [0.3, 0.4) is 0 Å². The normalized spacial score (nSPS) is 10.8. The SMILES string of the molecule is CCCn1ccc(CNc2ccccc2OC(C)C)c1. The minimum Gasteiger partial charge on any atom is -0.489 e. The van der Waals surface area contributed by atoms with Gasteiger partial charge in [-0.25, -0.2) is 0 Å². The molecule has 0 fully saturated rings. The van der Waals surface area contributed by atoms with Crippen molar-refractivity contribution < 1.29 is 4.74 Å². The summed E-state index contributed by atoms with van der Waals surface area (Å²) in [6, 6.07) is 10.2. The fourth-order valence-corrected chi connectivity index (χ4v) is 2.16. The number of nitrogens with one attached hydrogen (secondary N) is 1. The number of benzene rings is 1. The van der Waals surface area contributed by atoms with Crippen molar-refractivity contribution in [3.05, 3.63) is 48.3 Å². The van der Waals surface area contributed by atoms with E-state index < -0.39 is 0 Å². The molecule has 1 aromatic carbocycles. The highest BCUT2D eigenvalue weighted by atomic mass is 16.5. The van der Waals surface area contributed by atoms with Crippen LogP contribution >= 0.6 is 0 Å². The van der Waals surface area contributed by atoms with Crippen LogP contribution < -0.4 is 10.1 Å². The first-order chi connectivity index (χ1) is 9.69. The lowest BCUT2D eigenvalue weighted by Crippen LogP contribution is -2.08. The van der Waals surface area contributed by atoms with Crippen LogP contribution in [0.1, 0.15) is 32.8 Å². The molecule has 0 amide bonds. The van der Waals surface area contributed by atoms with E-state index in [0.717, 1.165) is 30.9 Å². The third-order valence-corrected chi connectivity index (χ3v) is 3.03. The molecule has 1 N–H and O–H groups in total. The Morgan fingerprint density at radius 2 is 2.00 bits per heavy atom. The van der Waals surface area contributed by atoms with E-state index in [1.165, 1.54) is 5.56 Å². The second kappa shape index (κ2) is 7.04. The Bertz CT molecular complexity index is 531. The molecule has 0 aliphatic rings. The van der Waals surface area contributed by atoms with E-state index in [2.05, 4.69) is 41.3 Å². The molecule has 0 aliphatic heterocycles. The lowest BCUT2D eigenvalue weighted by molar-refractivity contribution is 0.243. The minimum atomic E-state index is 0.184. The molecular formula is C17H24N2O. The molecule has 2 rings (SSSR count). The van der Waals surface area contributed by atoms with Gasteiger partial charge < -0.3 is 14.6 Å². The first-order valence-electron chi connectivity index (χ1n) is 7.33. The van der Waals surface area contributed by atoms with Crippen LogP contribution in [0.15, 0.2) is 42.7 Å². The van der Waals surface area contributed by atoms with Crippen LogP contribution in [-0.2, 0) is 13.1 Å². The highest BCUT2D eigenvalue weighted by molar-refractivity contribution is 5.56. The number of hydrogen-bond acceptors (Lipinski definition) is 2. The molecule has 0 atom stereocenters. The summed E-state index contributed by atoms with van der Waals surface area (Å²) < 4.78 is 8.04. The average Bonchev–Trinajstić information content (AvgIpc) is 2.85. The van der Waals surface area contributed by atoms with E-state index in [4.69, 9.17) is 4.74 Å². The molecule has 20 heavy (non-hydrogen) atoms. The van der Waals surface area contributed by atoms with Gasteiger partial charge in [-0.05, 0) is 44.0 Å². The van der Waals surface area contributed by atoms with Gasteiger partial charge in [-0.3, -0.25) is 0 Å². The summed E-state index contributed by atoms with van der Waals surface area (Å²) in [6.45, 7) is 8.17. The van der Waals surface area contributed by atoms with Crippen molar-refractivity contribution in [2.45, 2.75) is 46.4 Å². The molecule has 1 heterocycles. The fraction of sp³-hybridized carbons (Fsp3) is 0.412. The molecule has 0 aliphatic carbocycles. The van der Waals surface area contributed by atoms with Gasteiger partial charge >= 0.3 is 0 Å². The Kier molecular flexibility index (Phi) is 5.10. The van der Waals surface area contributed by atoms with Crippen molar-refractivity contribution >= 4 is 5.69 Å². The number of para-hydroxylation sites is 2. The summed E-state index contributed by atoms with van der Waals surface area (Å²) in [5.41, 5.74) is 2.34. The summed E-state index contributed by atoms with van der Waals surface area (Å²) in [7, 11) is 0. The zero-order valence-electron chi connectivity index (χ0n) is 12.6. The van der Waals surface area contributed by atoms with Crippen LogP contribution in [0, 0.1) is 0 Å². The van der Waals surface area contributed by atoms with Crippen LogP contribution in [0.2, 0.25) is 0 Å². The minimum absolute atomic E-state index is 0.184. The number of ether oxygens (including phenoxy) is 1. The third kappa shape index (κ3) is 4.05. The van der Waals surface area contributed by atoms with Crippen molar-refractivity contribution in [2.75, 3.05) is 5.32 Å². The highest BCUT2D eigenvalue weighted by Gasteiger charge is 2.05. The lowest BCUT2D eigenvalue weighted by atomic mass is 10.2. The molecule has 0 saturated carbocycles. The standard InChI is InChI=1S/C17H24N2O/c1-4-10-19-11-9-15(13-19)12-18-16-7-5-6-8-17(16)20-14(2)3/h5-9,11,13-14,18H,4,10,12H2,1-3H3. The number of rotatable bonds is 7. The van der Waals surface area contributed by atoms with E-state index in [1.54, 1.807) is 0 Å². The van der Waals surface area contributed by atoms with Gasteiger partial charge in [0.25, 0.3) is 0 Å². The maximum atomic E-state index is 5.81. The molecule has 0 unspecified atom stereocenters. The smallest absolute Gasteiger partial charge is 0.142 e. The van der Waals surface area contributed by atoms with Gasteiger partial charge in [-0.2, -0.15) is 0 Å². The predicted octanol–water partition coefficient (Wildman–Crippen LogP) is 4.30. The molecule has 0 radical (unpaired) electrons. The van der Waals surface area contributed by atoms with Crippen LogP contribution in [0.4, 0.5) is 5.69 Å². The number of aryl methyl sites for hydroxylation is 1. The van der Waals surface area contributed by atoms with E-state index in [0.29, 0.717) is 0 Å². The van der Waals surface area contributed by atoms with Gasteiger partial charge in [0.15, 0.2) is 0 Å². The molecule has 3 nitrogen and oxygen atoms in total. The zero-order chi connectivity index (χ0) is 14.4. The molecule has 3 heteroatoms. The van der Waals surface area contributed by atoms with Gasteiger partial charge in [0.2, 0.25) is 0 Å². The molecule has 108 valence electrons. The fourth-order valence-electron chi connectivity index (χ4n) is 2.16. The topological polar surface area (TPSA) is 26.2 Å². The van der Waals surface area contributed by atoms with Crippen molar-refractivity contribution in [1.82, 2.24) is 4.57 Å². The van der Waals surface area contributed by atoms with Crippen molar-refractivity contribution in [3.63, 3.8) is 0 Å². The monoisotopic (exact) mass is 272 g/mol. The Morgan fingerprint density at radius 3 is 2.75 bits per heavy atom. The number of anilines is 1. The van der Waals surface area contributed by atoms with Gasteiger partial charge in [0.05, 0.1) is 11.8 Å². The second-order valence-electron chi connectivity index (χ2n) is 5.27. The van der Waals surface area contributed by atoms with Gasteiger partial charge in [0, 0.05) is 25.5 Å². The Hall–Kier alpha value is -1.90. The first kappa shape index (κ1) is 14.5. The zero-order valence-corrected chi connectivity index (χ0v) is 12.6. The van der Waals surface area contributed by atoms with Crippen molar-refractivity contribution in [3.8, 4) is 5.75 Å². The highest BCUT2D eigenvalue weighted by Crippen LogP contribution is 2.25. The summed E-state index contributed by atoms with van der Waals surface area (Å²) in [6.07, 6.45) is 5.68. The Labute approximate surface area is 121 Å². The van der Waals surface area contributed by atoms with E-state index in [9.17, 15) is 0 Å². The van der Waals surface area contributed by atoms with E-state index in [1.807, 2.05) is 32.0 Å². The van der Waals surface area contributed by atoms with Crippen molar-refractivity contribution in [2.24, 2.45) is 0 Å². The lowest BCUT2D eigenvalue weighted by Gasteiger charge is -2.15. The number of aromatic nitrogens is 1. The molecule has 1 aromatic heterocycles. The van der Waals surface area contributed by atoms with Gasteiger partial charge in [0.1, 0.15) is 5.75 Å². The maximum absolute atomic E-state index is 5.81. The average molecular weight is 272 g/mol. The van der Waals surface area contributed by atoms with E-state index >= 15 is 0 Å². The number of nitrogens with zero attached hydrogens (tertiary/aromatic N) is 1. The summed E-state index contributed by atoms with van der Waals surface area (Å²) in [5.74, 6) is 0.912. The Balaban J connectivity index is 1.99. The van der Waals surface area contributed by atoms with Crippen LogP contribution in [0.25, 0.3) is 0 Å². The molecular weight excluding hydrogens is 248 g/mol. The first-order valence-corrected chi connectivity index (χ1v) is 7.33. The molecule has 0 saturated heterocycles.